The number of aromatic hydroxyl groups is 1. The summed E-state index contributed by atoms with van der Waals surface area (Å²) >= 11 is 12.8. The molecule has 2 aromatic carbocycles. The Morgan fingerprint density at radius 2 is 1.85 bits per heavy atom. The number of ether oxygens (including phenoxy) is 1. The van der Waals surface area contributed by atoms with Gasteiger partial charge in [-0.1, -0.05) is 42.5 Å². The van der Waals surface area contributed by atoms with E-state index in [2.05, 4.69) is 22.0 Å². The average molecular weight is 491 g/mol. The zero-order valence-electron chi connectivity index (χ0n) is 18.1. The van der Waals surface area contributed by atoms with Gasteiger partial charge in [0.05, 0.1) is 15.7 Å². The predicted octanol–water partition coefficient (Wildman–Crippen LogP) is 4.49. The van der Waals surface area contributed by atoms with Crippen LogP contribution < -0.4 is 16.0 Å². The number of nitrogens with one attached hydrogen (secondary N) is 1. The highest BCUT2D eigenvalue weighted by atomic mass is 35.5. The SMILES string of the molecule is CN(Cc1cc(Oc2c(Cl)cc(-n3ncc(=O)[nH]c3=O)cc2Cl)ccc1O)C1CCCCC1. The number of benzene rings is 2. The number of hydrogen-bond acceptors (Lipinski definition) is 6. The minimum Gasteiger partial charge on any atom is -0.508 e. The van der Waals surface area contributed by atoms with Crippen LogP contribution >= 0.6 is 23.2 Å². The molecule has 174 valence electrons. The fraction of sp³-hybridized carbons (Fsp3) is 0.348. The topological polar surface area (TPSA) is 100 Å². The third-order valence-electron chi connectivity index (χ3n) is 5.83. The number of aromatic amines is 1. The summed E-state index contributed by atoms with van der Waals surface area (Å²) in [5, 5.41) is 14.5. The van der Waals surface area contributed by atoms with E-state index >= 15 is 0 Å². The van der Waals surface area contributed by atoms with Crippen molar-refractivity contribution in [3.8, 4) is 22.9 Å². The monoisotopic (exact) mass is 490 g/mol. The Bertz CT molecular complexity index is 1240. The Morgan fingerprint density at radius 3 is 2.52 bits per heavy atom. The molecule has 0 aliphatic heterocycles. The van der Waals surface area contributed by atoms with Crippen molar-refractivity contribution in [2.24, 2.45) is 0 Å². The fourth-order valence-electron chi connectivity index (χ4n) is 4.09. The van der Waals surface area contributed by atoms with E-state index in [9.17, 15) is 14.7 Å². The second-order valence-electron chi connectivity index (χ2n) is 8.19. The van der Waals surface area contributed by atoms with Crippen molar-refractivity contribution in [3.63, 3.8) is 0 Å². The summed E-state index contributed by atoms with van der Waals surface area (Å²) in [6, 6.07) is 8.42. The maximum atomic E-state index is 12.0. The highest BCUT2D eigenvalue weighted by Crippen LogP contribution is 2.39. The van der Waals surface area contributed by atoms with Crippen molar-refractivity contribution in [2.75, 3.05) is 7.05 Å². The number of phenolic OH excluding ortho intramolecular Hbond substituents is 1. The zero-order chi connectivity index (χ0) is 23.5. The summed E-state index contributed by atoms with van der Waals surface area (Å²) in [5.74, 6) is 0.869. The molecule has 1 aliphatic rings. The van der Waals surface area contributed by atoms with Gasteiger partial charge in [-0.2, -0.15) is 9.78 Å². The maximum Gasteiger partial charge on any atom is 0.349 e. The van der Waals surface area contributed by atoms with Gasteiger partial charge in [0, 0.05) is 18.2 Å². The summed E-state index contributed by atoms with van der Waals surface area (Å²) in [4.78, 5) is 27.7. The van der Waals surface area contributed by atoms with E-state index in [-0.39, 0.29) is 27.2 Å². The Kier molecular flexibility index (Phi) is 7.07. The van der Waals surface area contributed by atoms with E-state index in [1.54, 1.807) is 18.2 Å². The Hall–Kier alpha value is -2.81. The summed E-state index contributed by atoms with van der Waals surface area (Å²) in [5.41, 5.74) is -0.299. The van der Waals surface area contributed by atoms with Gasteiger partial charge in [0.25, 0.3) is 5.56 Å². The minimum atomic E-state index is -0.714. The summed E-state index contributed by atoms with van der Waals surface area (Å²) in [6.45, 7) is 0.592. The van der Waals surface area contributed by atoms with Gasteiger partial charge in [-0.15, -0.1) is 0 Å². The fourth-order valence-corrected chi connectivity index (χ4v) is 4.65. The number of nitrogens with zero attached hydrogens (tertiary/aromatic N) is 3. The molecular weight excluding hydrogens is 467 g/mol. The normalized spacial score (nSPS) is 14.5. The van der Waals surface area contributed by atoms with Crippen LogP contribution in [0.2, 0.25) is 10.0 Å². The minimum absolute atomic E-state index is 0.159. The summed E-state index contributed by atoms with van der Waals surface area (Å²) in [6.07, 6.45) is 7.06. The van der Waals surface area contributed by atoms with E-state index in [0.717, 1.165) is 29.3 Å². The number of rotatable bonds is 6. The molecule has 1 saturated carbocycles. The first-order valence-corrected chi connectivity index (χ1v) is 11.5. The van der Waals surface area contributed by atoms with Gasteiger partial charge in [0.2, 0.25) is 0 Å². The third kappa shape index (κ3) is 5.40. The molecule has 3 aromatic rings. The van der Waals surface area contributed by atoms with Crippen molar-refractivity contribution in [1.82, 2.24) is 19.7 Å². The van der Waals surface area contributed by atoms with Crippen molar-refractivity contribution < 1.29 is 9.84 Å². The van der Waals surface area contributed by atoms with E-state index in [4.69, 9.17) is 27.9 Å². The molecular formula is C23H24Cl2N4O4. The van der Waals surface area contributed by atoms with Gasteiger partial charge in [-0.05, 0) is 50.2 Å². The third-order valence-corrected chi connectivity index (χ3v) is 6.39. The molecule has 0 spiro atoms. The molecule has 1 aliphatic carbocycles. The van der Waals surface area contributed by atoms with Crippen LogP contribution in [0.4, 0.5) is 0 Å². The van der Waals surface area contributed by atoms with Crippen LogP contribution in [0.1, 0.15) is 37.7 Å². The van der Waals surface area contributed by atoms with E-state index < -0.39 is 11.2 Å². The molecule has 0 unspecified atom stereocenters. The van der Waals surface area contributed by atoms with Crippen molar-refractivity contribution in [2.45, 2.75) is 44.7 Å². The Balaban J connectivity index is 1.57. The molecule has 1 heterocycles. The molecule has 4 rings (SSSR count). The van der Waals surface area contributed by atoms with Crippen LogP contribution in [0.5, 0.6) is 17.2 Å². The standard InChI is InChI=1S/C23H24Cl2N4O4/c1-28(15-5-3-2-4-6-15)13-14-9-17(7-8-20(14)30)33-22-18(24)10-16(11-19(22)25)29-23(32)27-21(31)12-26-29/h7-12,15,30H,2-6,13H2,1H3,(H,27,31,32). The smallest absolute Gasteiger partial charge is 0.349 e. The number of phenols is 1. The second-order valence-corrected chi connectivity index (χ2v) is 9.00. The largest absolute Gasteiger partial charge is 0.508 e. The van der Waals surface area contributed by atoms with Crippen molar-refractivity contribution >= 4 is 23.2 Å². The number of hydrogen-bond donors (Lipinski definition) is 2. The number of aromatic nitrogens is 3. The molecule has 0 atom stereocenters. The highest BCUT2D eigenvalue weighted by Gasteiger charge is 2.20. The molecule has 1 fully saturated rings. The lowest BCUT2D eigenvalue weighted by atomic mass is 9.94. The molecule has 0 bridgehead atoms. The van der Waals surface area contributed by atoms with Crippen LogP contribution in [0, 0.1) is 0 Å². The summed E-state index contributed by atoms with van der Waals surface area (Å²) < 4.78 is 6.92. The quantitative estimate of drug-likeness (QED) is 0.527. The van der Waals surface area contributed by atoms with Gasteiger partial charge in [0.1, 0.15) is 17.7 Å². The predicted molar refractivity (Wildman–Crippen MR) is 127 cm³/mol. The van der Waals surface area contributed by atoms with Crippen LogP contribution in [0.15, 0.2) is 46.1 Å². The van der Waals surface area contributed by atoms with E-state index in [0.29, 0.717) is 18.3 Å². The van der Waals surface area contributed by atoms with Gasteiger partial charge >= 0.3 is 5.69 Å². The molecule has 2 N–H and O–H groups in total. The molecule has 33 heavy (non-hydrogen) atoms. The number of halogens is 2. The van der Waals surface area contributed by atoms with Crippen LogP contribution in [0.25, 0.3) is 5.69 Å². The number of H-pyrrole nitrogens is 1. The highest BCUT2D eigenvalue weighted by molar-refractivity contribution is 6.37. The lowest BCUT2D eigenvalue weighted by Gasteiger charge is -2.31. The first-order chi connectivity index (χ1) is 15.8. The Morgan fingerprint density at radius 1 is 1.15 bits per heavy atom. The lowest BCUT2D eigenvalue weighted by molar-refractivity contribution is 0.183. The molecule has 0 radical (unpaired) electrons. The molecule has 8 nitrogen and oxygen atoms in total. The van der Waals surface area contributed by atoms with Gasteiger partial charge in [-0.25, -0.2) is 4.79 Å². The van der Waals surface area contributed by atoms with E-state index in [1.807, 2.05) is 0 Å². The molecule has 10 heteroatoms. The van der Waals surface area contributed by atoms with Crippen LogP contribution in [0.3, 0.4) is 0 Å². The first-order valence-electron chi connectivity index (χ1n) is 10.7. The Labute approximate surface area is 200 Å². The molecule has 0 amide bonds. The molecule has 0 saturated heterocycles. The molecule has 1 aromatic heterocycles. The lowest BCUT2D eigenvalue weighted by Crippen LogP contribution is -2.32. The van der Waals surface area contributed by atoms with Crippen molar-refractivity contribution in [1.29, 1.82) is 0 Å². The average Bonchev–Trinajstić information content (AvgIpc) is 2.78. The van der Waals surface area contributed by atoms with Gasteiger partial charge in [0.15, 0.2) is 5.75 Å². The van der Waals surface area contributed by atoms with Gasteiger partial charge in [-0.3, -0.25) is 14.7 Å². The van der Waals surface area contributed by atoms with E-state index in [1.165, 1.54) is 31.4 Å². The zero-order valence-corrected chi connectivity index (χ0v) is 19.6. The van der Waals surface area contributed by atoms with Gasteiger partial charge < -0.3 is 9.84 Å². The van der Waals surface area contributed by atoms with Crippen LogP contribution in [-0.2, 0) is 6.54 Å². The second kappa shape index (κ2) is 9.99. The van der Waals surface area contributed by atoms with Crippen molar-refractivity contribution in [3.05, 3.63) is 73.0 Å². The first kappa shape index (κ1) is 23.4. The van der Waals surface area contributed by atoms with Crippen LogP contribution in [-0.4, -0.2) is 37.9 Å². The maximum absolute atomic E-state index is 12.0. The summed E-state index contributed by atoms with van der Waals surface area (Å²) in [7, 11) is 2.07.